The molecule has 0 radical (unpaired) electrons. The average Bonchev–Trinajstić information content (AvgIpc) is 2.91. The largest absolute Gasteiger partial charge is 0.493 e. The van der Waals surface area contributed by atoms with Gasteiger partial charge in [-0.1, -0.05) is 18.2 Å². The summed E-state index contributed by atoms with van der Waals surface area (Å²) in [6, 6.07) is 9.75. The van der Waals surface area contributed by atoms with Crippen LogP contribution in [0.2, 0.25) is 0 Å². The van der Waals surface area contributed by atoms with E-state index < -0.39 is 17.7 Å². The van der Waals surface area contributed by atoms with Crippen molar-refractivity contribution in [1.29, 1.82) is 0 Å². The lowest BCUT2D eigenvalue weighted by molar-refractivity contribution is 0.299. The summed E-state index contributed by atoms with van der Waals surface area (Å²) < 4.78 is 34.4. The van der Waals surface area contributed by atoms with E-state index in [0.29, 0.717) is 6.61 Å². The third-order valence-corrected chi connectivity index (χ3v) is 4.45. The van der Waals surface area contributed by atoms with Crippen molar-refractivity contribution >= 4 is 15.9 Å². The molecule has 5 heteroatoms. The fraction of sp³-hybridized carbons (Fsp3) is 0.250. The molecular formula is C16H14BrF2NO. The van der Waals surface area contributed by atoms with Crippen molar-refractivity contribution in [3.05, 3.63) is 63.6 Å². The van der Waals surface area contributed by atoms with Crippen LogP contribution in [0.25, 0.3) is 0 Å². The summed E-state index contributed by atoms with van der Waals surface area (Å²) in [7, 11) is 1.70. The molecule has 1 aliphatic heterocycles. The molecule has 0 fully saturated rings. The van der Waals surface area contributed by atoms with Crippen LogP contribution in [0.3, 0.4) is 0 Å². The second-order valence-electron chi connectivity index (χ2n) is 4.98. The number of likely N-dealkylation sites (N-methyl/N-ethyl adjacent to an activating group) is 1. The molecule has 1 aliphatic rings. The number of ether oxygens (including phenoxy) is 1. The Labute approximate surface area is 130 Å². The summed E-state index contributed by atoms with van der Waals surface area (Å²) in [5, 5.41) is 3.03. The van der Waals surface area contributed by atoms with Crippen LogP contribution in [0.1, 0.15) is 23.1 Å². The molecular weight excluding hydrogens is 340 g/mol. The molecule has 1 heterocycles. The maximum absolute atomic E-state index is 14.4. The molecule has 2 aromatic rings. The van der Waals surface area contributed by atoms with Gasteiger partial charge in [0.25, 0.3) is 0 Å². The van der Waals surface area contributed by atoms with E-state index in [0.717, 1.165) is 11.3 Å². The van der Waals surface area contributed by atoms with E-state index in [2.05, 4.69) is 21.2 Å². The summed E-state index contributed by atoms with van der Waals surface area (Å²) >= 11 is 3.12. The molecule has 0 aliphatic carbocycles. The number of hydrogen-bond acceptors (Lipinski definition) is 2. The highest BCUT2D eigenvalue weighted by atomic mass is 79.9. The van der Waals surface area contributed by atoms with Crippen molar-refractivity contribution in [2.75, 3.05) is 13.7 Å². The maximum Gasteiger partial charge on any atom is 0.145 e. The third-order valence-electron chi connectivity index (χ3n) is 3.84. The highest BCUT2D eigenvalue weighted by molar-refractivity contribution is 9.10. The van der Waals surface area contributed by atoms with Crippen LogP contribution >= 0.6 is 15.9 Å². The van der Waals surface area contributed by atoms with Gasteiger partial charge in [0.1, 0.15) is 17.4 Å². The fourth-order valence-corrected chi connectivity index (χ4v) is 3.18. The zero-order valence-corrected chi connectivity index (χ0v) is 13.0. The first-order chi connectivity index (χ1) is 10.1. The van der Waals surface area contributed by atoms with E-state index in [1.807, 2.05) is 24.3 Å². The van der Waals surface area contributed by atoms with E-state index in [1.54, 1.807) is 7.05 Å². The first kappa shape index (κ1) is 14.5. The molecule has 110 valence electrons. The molecule has 2 atom stereocenters. The Morgan fingerprint density at radius 3 is 2.76 bits per heavy atom. The molecule has 0 saturated heterocycles. The first-order valence-corrected chi connectivity index (χ1v) is 7.45. The number of benzene rings is 2. The molecule has 2 aromatic carbocycles. The minimum atomic E-state index is -0.571. The zero-order chi connectivity index (χ0) is 15.0. The Balaban J connectivity index is 2.07. The molecule has 0 bridgehead atoms. The molecule has 0 spiro atoms. The second kappa shape index (κ2) is 5.73. The number of halogens is 3. The highest BCUT2D eigenvalue weighted by Crippen LogP contribution is 2.42. The standard InChI is InChI=1S/C16H14BrF2NO/c1-20-16(14-12(18)7-6-11(17)15(14)19)10-8-21-13-5-3-2-4-9(10)13/h2-7,10,16,20H,8H2,1H3. The van der Waals surface area contributed by atoms with Crippen LogP contribution in [0.15, 0.2) is 40.9 Å². The lowest BCUT2D eigenvalue weighted by Crippen LogP contribution is -2.27. The van der Waals surface area contributed by atoms with Gasteiger partial charge in [-0.3, -0.25) is 0 Å². The van der Waals surface area contributed by atoms with Crippen LogP contribution in [0.5, 0.6) is 5.75 Å². The van der Waals surface area contributed by atoms with E-state index in [9.17, 15) is 8.78 Å². The van der Waals surface area contributed by atoms with Gasteiger partial charge in [-0.2, -0.15) is 0 Å². The Bertz CT molecular complexity index is 677. The Morgan fingerprint density at radius 2 is 2.00 bits per heavy atom. The molecule has 0 aromatic heterocycles. The highest BCUT2D eigenvalue weighted by Gasteiger charge is 2.34. The Hall–Kier alpha value is -1.46. The zero-order valence-electron chi connectivity index (χ0n) is 11.4. The molecule has 0 saturated carbocycles. The quantitative estimate of drug-likeness (QED) is 0.836. The van der Waals surface area contributed by atoms with Gasteiger partial charge in [-0.05, 0) is 41.2 Å². The van der Waals surface area contributed by atoms with Gasteiger partial charge in [-0.15, -0.1) is 0 Å². The van der Waals surface area contributed by atoms with E-state index in [-0.39, 0.29) is 16.0 Å². The summed E-state index contributed by atoms with van der Waals surface area (Å²) in [6.45, 7) is 0.399. The molecule has 2 unspecified atom stereocenters. The smallest absolute Gasteiger partial charge is 0.145 e. The van der Waals surface area contributed by atoms with Crippen LogP contribution < -0.4 is 10.1 Å². The molecule has 3 rings (SSSR count). The van der Waals surface area contributed by atoms with Crippen LogP contribution in [0, 0.1) is 11.6 Å². The number of rotatable bonds is 3. The lowest BCUT2D eigenvalue weighted by Gasteiger charge is -2.24. The van der Waals surface area contributed by atoms with Gasteiger partial charge >= 0.3 is 0 Å². The predicted octanol–water partition coefficient (Wildman–Crippen LogP) is 4.16. The van der Waals surface area contributed by atoms with Crippen molar-refractivity contribution in [2.24, 2.45) is 0 Å². The number of para-hydroxylation sites is 1. The van der Waals surface area contributed by atoms with Crippen LogP contribution in [-0.2, 0) is 0 Å². The number of hydrogen-bond donors (Lipinski definition) is 1. The monoisotopic (exact) mass is 353 g/mol. The van der Waals surface area contributed by atoms with Gasteiger partial charge in [0, 0.05) is 23.1 Å². The SMILES string of the molecule is CNC(c1c(F)ccc(Br)c1F)C1COc2ccccc21. The number of nitrogens with one attached hydrogen (secondary N) is 1. The minimum Gasteiger partial charge on any atom is -0.493 e. The summed E-state index contributed by atoms with van der Waals surface area (Å²) in [6.07, 6.45) is 0. The van der Waals surface area contributed by atoms with Crippen LogP contribution in [-0.4, -0.2) is 13.7 Å². The van der Waals surface area contributed by atoms with Crippen molar-refractivity contribution in [3.63, 3.8) is 0 Å². The van der Waals surface area contributed by atoms with Crippen molar-refractivity contribution in [1.82, 2.24) is 5.32 Å². The molecule has 0 amide bonds. The second-order valence-corrected chi connectivity index (χ2v) is 5.83. The van der Waals surface area contributed by atoms with Gasteiger partial charge in [-0.25, -0.2) is 8.78 Å². The van der Waals surface area contributed by atoms with Gasteiger partial charge < -0.3 is 10.1 Å². The molecule has 21 heavy (non-hydrogen) atoms. The Morgan fingerprint density at radius 1 is 1.24 bits per heavy atom. The average molecular weight is 354 g/mol. The maximum atomic E-state index is 14.4. The summed E-state index contributed by atoms with van der Waals surface area (Å²) in [5.41, 5.74) is 1.01. The third kappa shape index (κ3) is 2.45. The van der Waals surface area contributed by atoms with E-state index >= 15 is 0 Å². The van der Waals surface area contributed by atoms with Gasteiger partial charge in [0.05, 0.1) is 11.1 Å². The van der Waals surface area contributed by atoms with Crippen molar-refractivity contribution < 1.29 is 13.5 Å². The summed E-state index contributed by atoms with van der Waals surface area (Å²) in [4.78, 5) is 0. The first-order valence-electron chi connectivity index (χ1n) is 6.66. The minimum absolute atomic E-state index is 0.0391. The van der Waals surface area contributed by atoms with Gasteiger partial charge in [0.15, 0.2) is 0 Å². The molecule has 2 nitrogen and oxygen atoms in total. The number of fused-ring (bicyclic) bond motifs is 1. The topological polar surface area (TPSA) is 21.3 Å². The molecule has 1 N–H and O–H groups in total. The van der Waals surface area contributed by atoms with Gasteiger partial charge in [0.2, 0.25) is 0 Å². The van der Waals surface area contributed by atoms with E-state index in [4.69, 9.17) is 4.74 Å². The fourth-order valence-electron chi connectivity index (χ4n) is 2.84. The predicted molar refractivity (Wildman–Crippen MR) is 80.5 cm³/mol. The van der Waals surface area contributed by atoms with E-state index in [1.165, 1.54) is 12.1 Å². The van der Waals surface area contributed by atoms with Crippen molar-refractivity contribution in [2.45, 2.75) is 12.0 Å². The summed E-state index contributed by atoms with van der Waals surface area (Å²) in [5.74, 6) is -0.485. The Kier molecular flexibility index (Phi) is 3.95. The normalized spacial score (nSPS) is 18.2. The van der Waals surface area contributed by atoms with Crippen molar-refractivity contribution in [3.8, 4) is 5.75 Å². The lowest BCUT2D eigenvalue weighted by atomic mass is 9.88. The van der Waals surface area contributed by atoms with Crippen LogP contribution in [0.4, 0.5) is 8.78 Å².